The van der Waals surface area contributed by atoms with Crippen molar-refractivity contribution in [1.82, 2.24) is 10.2 Å². The summed E-state index contributed by atoms with van der Waals surface area (Å²) >= 11 is 0. The van der Waals surface area contributed by atoms with Gasteiger partial charge < -0.3 is 5.32 Å². The Bertz CT molecular complexity index is 246. The molecule has 0 aromatic rings. The molecule has 1 heterocycles. The average molecular weight is 216 g/mol. The minimum Gasteiger partial charge on any atom is -0.348 e. The fourth-order valence-electron chi connectivity index (χ4n) is 1.76. The van der Waals surface area contributed by atoms with Gasteiger partial charge in [0.25, 0.3) is 0 Å². The molecule has 1 unspecified atom stereocenters. The fraction of sp³-hybridized carbons (Fsp3) is 0.800. The summed E-state index contributed by atoms with van der Waals surface area (Å²) in [6.07, 6.45) is 2.94. The van der Waals surface area contributed by atoms with Gasteiger partial charge in [-0.05, 0) is 26.4 Å². The molecule has 0 spiro atoms. The number of alkyl halides is 1. The summed E-state index contributed by atoms with van der Waals surface area (Å²) in [5, 5.41) is 2.46. The van der Waals surface area contributed by atoms with Gasteiger partial charge >= 0.3 is 0 Å². The highest BCUT2D eigenvalue weighted by Crippen LogP contribution is 2.14. The maximum atomic E-state index is 11.8. The lowest BCUT2D eigenvalue weighted by Crippen LogP contribution is -2.48. The van der Waals surface area contributed by atoms with E-state index in [1.807, 2.05) is 11.9 Å². The van der Waals surface area contributed by atoms with Crippen LogP contribution in [0.2, 0.25) is 0 Å². The zero-order chi connectivity index (χ0) is 11.3. The maximum absolute atomic E-state index is 11.8. The summed E-state index contributed by atoms with van der Waals surface area (Å²) in [6.45, 7) is -0.310. The largest absolute Gasteiger partial charge is 0.348 e. The molecule has 1 fully saturated rings. The van der Waals surface area contributed by atoms with Gasteiger partial charge in [-0.1, -0.05) is 6.42 Å². The molecular weight excluding hydrogens is 199 g/mol. The third-order valence-corrected chi connectivity index (χ3v) is 2.68. The summed E-state index contributed by atoms with van der Waals surface area (Å²) in [6, 6.07) is -0.161. The van der Waals surface area contributed by atoms with Crippen LogP contribution in [0.15, 0.2) is 0 Å². The Morgan fingerprint density at radius 3 is 2.80 bits per heavy atom. The highest BCUT2D eigenvalue weighted by molar-refractivity contribution is 5.88. The number of ketones is 1. The van der Waals surface area contributed by atoms with Crippen LogP contribution in [0, 0.1) is 0 Å². The minimum atomic E-state index is -1.01. The van der Waals surface area contributed by atoms with Crippen LogP contribution < -0.4 is 5.32 Å². The number of halogens is 1. The number of nitrogens with zero attached hydrogens (tertiary/aromatic N) is 1. The average Bonchev–Trinajstić information content (AvgIpc) is 2.26. The minimum absolute atomic E-state index is 0.161. The van der Waals surface area contributed by atoms with Crippen LogP contribution >= 0.6 is 0 Å². The van der Waals surface area contributed by atoms with Gasteiger partial charge in [0.15, 0.2) is 5.78 Å². The SMILES string of the molecule is CN1CCCCC1C(=O)NCC(=O)CF. The zero-order valence-electron chi connectivity index (χ0n) is 8.96. The fourth-order valence-corrected chi connectivity index (χ4v) is 1.76. The van der Waals surface area contributed by atoms with Crippen molar-refractivity contribution < 1.29 is 14.0 Å². The lowest BCUT2D eigenvalue weighted by Gasteiger charge is -2.31. The summed E-state index contributed by atoms with van der Waals surface area (Å²) in [5.41, 5.74) is 0. The van der Waals surface area contributed by atoms with Crippen LogP contribution in [0.1, 0.15) is 19.3 Å². The van der Waals surface area contributed by atoms with Gasteiger partial charge in [0.2, 0.25) is 5.91 Å². The van der Waals surface area contributed by atoms with E-state index in [1.165, 1.54) is 0 Å². The Balaban J connectivity index is 2.35. The van der Waals surface area contributed by atoms with Crippen LogP contribution in [0.5, 0.6) is 0 Å². The second-order valence-electron chi connectivity index (χ2n) is 3.88. The predicted molar refractivity (Wildman–Crippen MR) is 54.3 cm³/mol. The van der Waals surface area contributed by atoms with Crippen LogP contribution in [0.25, 0.3) is 0 Å². The van der Waals surface area contributed by atoms with E-state index >= 15 is 0 Å². The molecule has 0 aromatic carbocycles. The highest BCUT2D eigenvalue weighted by atomic mass is 19.1. The first kappa shape index (κ1) is 12.1. The third-order valence-electron chi connectivity index (χ3n) is 2.68. The predicted octanol–water partition coefficient (Wildman–Crippen LogP) is 0.125. The Morgan fingerprint density at radius 1 is 1.47 bits per heavy atom. The van der Waals surface area contributed by atoms with E-state index in [-0.39, 0.29) is 18.5 Å². The van der Waals surface area contributed by atoms with Crippen LogP contribution in [0.4, 0.5) is 4.39 Å². The standard InChI is InChI=1S/C10H17FN2O2/c1-13-5-3-2-4-9(13)10(15)12-7-8(14)6-11/h9H,2-7H2,1H3,(H,12,15). The van der Waals surface area contributed by atoms with Crippen molar-refractivity contribution in [1.29, 1.82) is 0 Å². The third kappa shape index (κ3) is 3.58. The second-order valence-corrected chi connectivity index (χ2v) is 3.88. The molecule has 0 bridgehead atoms. The van der Waals surface area contributed by atoms with Gasteiger partial charge in [0.1, 0.15) is 6.67 Å². The number of likely N-dealkylation sites (tertiary alicyclic amines) is 1. The molecule has 1 aliphatic heterocycles. The molecule has 1 amide bonds. The van der Waals surface area contributed by atoms with E-state index in [1.54, 1.807) is 0 Å². The van der Waals surface area contributed by atoms with E-state index in [0.717, 1.165) is 25.8 Å². The topological polar surface area (TPSA) is 49.4 Å². The number of rotatable bonds is 4. The summed E-state index contributed by atoms with van der Waals surface area (Å²) < 4.78 is 11.8. The Morgan fingerprint density at radius 2 is 2.20 bits per heavy atom. The number of hydrogen-bond acceptors (Lipinski definition) is 3. The molecule has 0 radical (unpaired) electrons. The molecule has 1 atom stereocenters. The number of hydrogen-bond donors (Lipinski definition) is 1. The number of piperidine rings is 1. The molecule has 1 rings (SSSR count). The second kappa shape index (κ2) is 5.80. The number of amides is 1. The van der Waals surface area contributed by atoms with Crippen molar-refractivity contribution in [2.24, 2.45) is 0 Å². The first-order valence-electron chi connectivity index (χ1n) is 5.20. The number of carbonyl (C=O) groups is 2. The Labute approximate surface area is 88.8 Å². The molecule has 1 aliphatic rings. The quantitative estimate of drug-likeness (QED) is 0.726. The van der Waals surface area contributed by atoms with E-state index in [2.05, 4.69) is 5.32 Å². The monoisotopic (exact) mass is 216 g/mol. The van der Waals surface area contributed by atoms with Gasteiger partial charge in [-0.25, -0.2) is 4.39 Å². The smallest absolute Gasteiger partial charge is 0.237 e. The van der Waals surface area contributed by atoms with Gasteiger partial charge in [-0.3, -0.25) is 14.5 Å². The van der Waals surface area contributed by atoms with Crippen LogP contribution in [-0.2, 0) is 9.59 Å². The van der Waals surface area contributed by atoms with E-state index in [0.29, 0.717) is 0 Å². The highest BCUT2D eigenvalue weighted by Gasteiger charge is 2.25. The van der Waals surface area contributed by atoms with Crippen molar-refractivity contribution >= 4 is 11.7 Å². The van der Waals surface area contributed by atoms with Crippen molar-refractivity contribution in [3.8, 4) is 0 Å². The number of nitrogens with one attached hydrogen (secondary N) is 1. The van der Waals surface area contributed by atoms with Crippen molar-refractivity contribution in [2.75, 3.05) is 26.8 Å². The van der Waals surface area contributed by atoms with E-state index in [9.17, 15) is 14.0 Å². The van der Waals surface area contributed by atoms with Crippen molar-refractivity contribution in [3.05, 3.63) is 0 Å². The Hall–Kier alpha value is -0.970. The van der Waals surface area contributed by atoms with Crippen molar-refractivity contribution in [2.45, 2.75) is 25.3 Å². The van der Waals surface area contributed by atoms with E-state index < -0.39 is 12.5 Å². The van der Waals surface area contributed by atoms with E-state index in [4.69, 9.17) is 0 Å². The number of likely N-dealkylation sites (N-methyl/N-ethyl adjacent to an activating group) is 1. The molecule has 4 nitrogen and oxygen atoms in total. The number of Topliss-reactive ketones (excluding diaryl/α,β-unsaturated/α-hetero) is 1. The Kier molecular flexibility index (Phi) is 4.68. The van der Waals surface area contributed by atoms with Gasteiger partial charge in [0.05, 0.1) is 12.6 Å². The molecule has 0 aromatic heterocycles. The normalized spacial score (nSPS) is 22.4. The van der Waals surface area contributed by atoms with Gasteiger partial charge in [-0.2, -0.15) is 0 Å². The molecule has 86 valence electrons. The first-order valence-corrected chi connectivity index (χ1v) is 5.20. The molecule has 1 N–H and O–H groups in total. The summed E-state index contributed by atoms with van der Waals surface area (Å²) in [7, 11) is 1.89. The molecule has 15 heavy (non-hydrogen) atoms. The maximum Gasteiger partial charge on any atom is 0.237 e. The molecule has 0 aliphatic carbocycles. The van der Waals surface area contributed by atoms with Crippen molar-refractivity contribution in [3.63, 3.8) is 0 Å². The zero-order valence-corrected chi connectivity index (χ0v) is 8.96. The lowest BCUT2D eigenvalue weighted by molar-refractivity contribution is -0.129. The van der Waals surface area contributed by atoms with Gasteiger partial charge in [0, 0.05) is 0 Å². The van der Waals surface area contributed by atoms with Gasteiger partial charge in [-0.15, -0.1) is 0 Å². The van der Waals surface area contributed by atoms with Crippen LogP contribution in [-0.4, -0.2) is 49.4 Å². The molecular formula is C10H17FN2O2. The first-order chi connectivity index (χ1) is 7.15. The lowest BCUT2D eigenvalue weighted by atomic mass is 10.0. The summed E-state index contributed by atoms with van der Waals surface area (Å²) in [5.74, 6) is -0.749. The molecule has 1 saturated heterocycles. The van der Waals surface area contributed by atoms with Crippen LogP contribution in [0.3, 0.4) is 0 Å². The molecule has 0 saturated carbocycles. The summed E-state index contributed by atoms with van der Waals surface area (Å²) in [4.78, 5) is 24.2. The molecule has 5 heteroatoms. The number of carbonyl (C=O) groups excluding carboxylic acids is 2.